The van der Waals surface area contributed by atoms with Gasteiger partial charge in [0, 0.05) is 38.8 Å². The van der Waals surface area contributed by atoms with E-state index < -0.39 is 67.1 Å². The largest absolute Gasteiger partial charge is 0.408 e. The number of imide groups is 1. The minimum Gasteiger partial charge on any atom is -0.347 e. The highest BCUT2D eigenvalue weighted by Crippen LogP contribution is 2.49. The predicted octanol–water partition coefficient (Wildman–Crippen LogP) is 3.92. The van der Waals surface area contributed by atoms with Gasteiger partial charge in [-0.3, -0.25) is 24.0 Å². The summed E-state index contributed by atoms with van der Waals surface area (Å²) in [4.78, 5) is 54.3. The molecule has 1 N–H and O–H groups in total. The quantitative estimate of drug-likeness (QED) is 0.299. The van der Waals surface area contributed by atoms with E-state index in [1.807, 2.05) is 0 Å². The fourth-order valence-electron chi connectivity index (χ4n) is 5.48. The van der Waals surface area contributed by atoms with E-state index in [-0.39, 0.29) is 29.1 Å². The number of nitrogens with zero attached hydrogens (tertiary/aromatic N) is 5. The molecule has 1 aliphatic carbocycles. The van der Waals surface area contributed by atoms with Gasteiger partial charge in [0.2, 0.25) is 11.8 Å². The SMILES string of the molecule is C[C@H](N(Cc1ccc(F)cc1)C(=O)CN1C(=O)N[C@]2(C[C@@H](F)c3cc(-c4cnn(CC(=O)N(C)C)c4)ccc32)C1=O)C(F)(F)F. The predicted molar refractivity (Wildman–Crippen MR) is 149 cm³/mol. The molecule has 1 aromatic heterocycles. The summed E-state index contributed by atoms with van der Waals surface area (Å²) < 4.78 is 71.4. The summed E-state index contributed by atoms with van der Waals surface area (Å²) in [6, 6.07) is 5.74. The maximum atomic E-state index is 15.5. The number of benzene rings is 2. The molecule has 0 bridgehead atoms. The van der Waals surface area contributed by atoms with Gasteiger partial charge < -0.3 is 15.1 Å². The molecule has 45 heavy (non-hydrogen) atoms. The Kier molecular flexibility index (Phi) is 8.14. The molecule has 3 aromatic rings. The summed E-state index contributed by atoms with van der Waals surface area (Å²) in [7, 11) is 3.22. The Hall–Kier alpha value is -4.82. The number of hydrogen-bond donors (Lipinski definition) is 1. The molecule has 1 spiro atoms. The van der Waals surface area contributed by atoms with Crippen molar-refractivity contribution in [2.75, 3.05) is 20.6 Å². The first-order chi connectivity index (χ1) is 21.1. The Balaban J connectivity index is 1.38. The average Bonchev–Trinajstić information content (AvgIpc) is 3.62. The van der Waals surface area contributed by atoms with Gasteiger partial charge in [-0.25, -0.2) is 13.6 Å². The molecule has 3 atom stereocenters. The molecule has 1 saturated heterocycles. The van der Waals surface area contributed by atoms with Gasteiger partial charge in [0.05, 0.1) is 6.20 Å². The first-order valence-corrected chi connectivity index (χ1v) is 13.9. The molecule has 0 unspecified atom stereocenters. The second kappa shape index (κ2) is 11.6. The van der Waals surface area contributed by atoms with Crippen LogP contribution in [0.1, 0.15) is 36.2 Å². The molecular weight excluding hydrogens is 603 g/mol. The summed E-state index contributed by atoms with van der Waals surface area (Å²) in [5.41, 5.74) is -0.260. The third kappa shape index (κ3) is 5.98. The van der Waals surface area contributed by atoms with E-state index in [9.17, 15) is 36.7 Å². The number of fused-ring (bicyclic) bond motifs is 2. The lowest BCUT2D eigenvalue weighted by molar-refractivity contribution is -0.187. The fourth-order valence-corrected chi connectivity index (χ4v) is 5.48. The van der Waals surface area contributed by atoms with Crippen molar-refractivity contribution in [3.05, 3.63) is 77.4 Å². The van der Waals surface area contributed by atoms with Gasteiger partial charge in [-0.05, 0) is 47.4 Å². The summed E-state index contributed by atoms with van der Waals surface area (Å²) in [6.45, 7) is -0.835. The van der Waals surface area contributed by atoms with Gasteiger partial charge in [-0.2, -0.15) is 18.3 Å². The van der Waals surface area contributed by atoms with Crippen LogP contribution in [0.4, 0.5) is 26.7 Å². The number of hydrogen-bond acceptors (Lipinski definition) is 5. The molecule has 10 nitrogen and oxygen atoms in total. The average molecular weight is 633 g/mol. The van der Waals surface area contributed by atoms with Crippen LogP contribution in [0.5, 0.6) is 0 Å². The van der Waals surface area contributed by atoms with E-state index in [1.165, 1.54) is 40.0 Å². The Labute approximate surface area is 254 Å². The van der Waals surface area contributed by atoms with Crippen LogP contribution in [-0.2, 0) is 33.0 Å². The maximum Gasteiger partial charge on any atom is 0.408 e. The second-order valence-corrected chi connectivity index (χ2v) is 11.3. The van der Waals surface area contributed by atoms with Gasteiger partial charge in [-0.15, -0.1) is 0 Å². The van der Waals surface area contributed by atoms with Gasteiger partial charge in [-0.1, -0.05) is 24.3 Å². The Morgan fingerprint density at radius 1 is 1.07 bits per heavy atom. The first kappa shape index (κ1) is 31.6. The van der Waals surface area contributed by atoms with Crippen molar-refractivity contribution in [1.82, 2.24) is 29.8 Å². The molecule has 2 heterocycles. The van der Waals surface area contributed by atoms with Crippen LogP contribution in [0, 0.1) is 5.82 Å². The number of halogens is 5. The highest BCUT2D eigenvalue weighted by molar-refractivity contribution is 6.10. The molecule has 1 fully saturated rings. The summed E-state index contributed by atoms with van der Waals surface area (Å²) in [5.74, 6) is -2.95. The van der Waals surface area contributed by atoms with E-state index >= 15 is 4.39 Å². The molecule has 0 saturated carbocycles. The van der Waals surface area contributed by atoms with Crippen molar-refractivity contribution >= 4 is 23.8 Å². The Morgan fingerprint density at radius 2 is 1.76 bits per heavy atom. The maximum absolute atomic E-state index is 15.5. The van der Waals surface area contributed by atoms with Crippen LogP contribution in [0.15, 0.2) is 54.9 Å². The number of rotatable bonds is 8. The van der Waals surface area contributed by atoms with Crippen molar-refractivity contribution < 1.29 is 41.1 Å². The van der Waals surface area contributed by atoms with Crippen LogP contribution in [0.2, 0.25) is 0 Å². The number of aromatic nitrogens is 2. The lowest BCUT2D eigenvalue weighted by atomic mass is 9.90. The number of nitrogens with one attached hydrogen (secondary N) is 1. The molecule has 2 aromatic carbocycles. The number of carbonyl (C=O) groups excluding carboxylic acids is 4. The number of amides is 5. The van der Waals surface area contributed by atoms with E-state index in [1.54, 1.807) is 26.4 Å². The van der Waals surface area contributed by atoms with Crippen LogP contribution in [0.25, 0.3) is 11.1 Å². The van der Waals surface area contributed by atoms with Crippen molar-refractivity contribution in [1.29, 1.82) is 0 Å². The molecule has 5 amide bonds. The minimum atomic E-state index is -4.84. The van der Waals surface area contributed by atoms with Crippen molar-refractivity contribution in [3.8, 4) is 11.1 Å². The lowest BCUT2D eigenvalue weighted by Gasteiger charge is -2.32. The third-order valence-corrected chi connectivity index (χ3v) is 8.09. The van der Waals surface area contributed by atoms with Gasteiger partial charge in [0.25, 0.3) is 5.91 Å². The van der Waals surface area contributed by atoms with Crippen molar-refractivity contribution in [2.24, 2.45) is 0 Å². The van der Waals surface area contributed by atoms with Crippen LogP contribution >= 0.6 is 0 Å². The molecule has 5 rings (SSSR count). The summed E-state index contributed by atoms with van der Waals surface area (Å²) >= 11 is 0. The van der Waals surface area contributed by atoms with Gasteiger partial charge >= 0.3 is 12.2 Å². The zero-order chi connectivity index (χ0) is 32.8. The van der Waals surface area contributed by atoms with Crippen LogP contribution in [0.3, 0.4) is 0 Å². The van der Waals surface area contributed by atoms with Crippen molar-refractivity contribution in [2.45, 2.75) is 50.4 Å². The second-order valence-electron chi connectivity index (χ2n) is 11.3. The lowest BCUT2D eigenvalue weighted by Crippen LogP contribution is -2.51. The molecule has 0 radical (unpaired) electrons. The molecular formula is C30H29F5N6O4. The van der Waals surface area contributed by atoms with Crippen molar-refractivity contribution in [3.63, 3.8) is 0 Å². The Bertz CT molecular complexity index is 1660. The molecule has 2 aliphatic rings. The molecule has 1 aliphatic heterocycles. The summed E-state index contributed by atoms with van der Waals surface area (Å²) in [6.07, 6.45) is -3.90. The van der Waals surface area contributed by atoms with E-state index in [2.05, 4.69) is 10.4 Å². The van der Waals surface area contributed by atoms with E-state index in [4.69, 9.17) is 0 Å². The first-order valence-electron chi connectivity index (χ1n) is 13.9. The Morgan fingerprint density at radius 3 is 2.40 bits per heavy atom. The number of likely N-dealkylation sites (N-methyl/N-ethyl adjacent to an activating group) is 1. The standard InChI is InChI=1S/C30H29F5N6O4/c1-17(30(33,34)35)40(13-18-4-7-21(31)8-5-18)26(43)16-41-27(44)29(37-28(41)45)11-24(32)22-10-19(6-9-23(22)29)20-12-36-39(14-20)15-25(42)38(2)3/h4-10,12,14,17,24H,11,13,15-16H2,1-3H3,(H,37,45)/t17-,24+,29-/m0/s1. The third-order valence-electron chi connectivity index (χ3n) is 8.09. The van der Waals surface area contributed by atoms with Crippen LogP contribution < -0.4 is 5.32 Å². The highest BCUT2D eigenvalue weighted by atomic mass is 19.4. The van der Waals surface area contributed by atoms with E-state index in [0.717, 1.165) is 19.1 Å². The fraction of sp³-hybridized carbons (Fsp3) is 0.367. The zero-order valence-corrected chi connectivity index (χ0v) is 24.4. The van der Waals surface area contributed by atoms with Gasteiger partial charge in [0.15, 0.2) is 0 Å². The smallest absolute Gasteiger partial charge is 0.347 e. The number of urea groups is 1. The normalized spacial score (nSPS) is 19.9. The number of alkyl halides is 4. The monoisotopic (exact) mass is 632 g/mol. The number of carbonyl (C=O) groups is 4. The molecule has 15 heteroatoms. The zero-order valence-electron chi connectivity index (χ0n) is 24.4. The van der Waals surface area contributed by atoms with Gasteiger partial charge in [0.1, 0.15) is 36.7 Å². The minimum absolute atomic E-state index is 0.00898. The highest BCUT2D eigenvalue weighted by Gasteiger charge is 2.59. The van der Waals surface area contributed by atoms with E-state index in [0.29, 0.717) is 20.9 Å². The summed E-state index contributed by atoms with van der Waals surface area (Å²) in [5, 5.41) is 6.64. The van der Waals surface area contributed by atoms with Crippen LogP contribution in [-0.4, -0.2) is 81.1 Å². The molecule has 238 valence electrons. The topological polar surface area (TPSA) is 108 Å².